The normalized spacial score (nSPS) is 12.2. The number of rotatable bonds is 4. The predicted molar refractivity (Wildman–Crippen MR) is 104 cm³/mol. The van der Waals surface area contributed by atoms with Gasteiger partial charge in [0.25, 0.3) is 0 Å². The van der Waals surface area contributed by atoms with Crippen LogP contribution in [0.2, 0.25) is 0 Å². The van der Waals surface area contributed by atoms with Crippen molar-refractivity contribution in [2.24, 2.45) is 0 Å². The number of benzene rings is 2. The molecule has 0 unspecified atom stereocenters. The molecule has 0 bridgehead atoms. The Morgan fingerprint density at radius 1 is 0.958 bits per heavy atom. The van der Waals surface area contributed by atoms with Crippen molar-refractivity contribution in [1.29, 1.82) is 0 Å². The largest absolute Gasteiger partial charge is 0.744 e. The summed E-state index contributed by atoms with van der Waals surface area (Å²) in [5, 5.41) is 0. The summed E-state index contributed by atoms with van der Waals surface area (Å²) in [5.74, 6) is -0.0591. The molecular formula is C14H11I2O6S2-. The van der Waals surface area contributed by atoms with Crippen LogP contribution in [0.4, 0.5) is 0 Å². The van der Waals surface area contributed by atoms with Crippen LogP contribution in [0, 0.1) is 21.0 Å². The molecule has 2 aromatic rings. The van der Waals surface area contributed by atoms with E-state index < -0.39 is 20.2 Å². The zero-order chi connectivity index (χ0) is 18.3. The Morgan fingerprint density at radius 3 is 1.96 bits per heavy atom. The summed E-state index contributed by atoms with van der Waals surface area (Å²) in [4.78, 5) is -0.362. The van der Waals surface area contributed by atoms with Crippen molar-refractivity contribution >= 4 is 65.4 Å². The van der Waals surface area contributed by atoms with Gasteiger partial charge in [-0.3, -0.25) is 0 Å². The van der Waals surface area contributed by atoms with E-state index in [0.29, 0.717) is 5.56 Å². The maximum atomic E-state index is 12.4. The third-order valence-corrected chi connectivity index (χ3v) is 7.81. The van der Waals surface area contributed by atoms with E-state index in [1.807, 2.05) is 6.92 Å². The smallest absolute Gasteiger partial charge is 0.339 e. The van der Waals surface area contributed by atoms with Crippen molar-refractivity contribution < 1.29 is 25.6 Å². The van der Waals surface area contributed by atoms with E-state index in [0.717, 1.165) is 5.56 Å². The summed E-state index contributed by atoms with van der Waals surface area (Å²) in [6.07, 6.45) is 0. The molecule has 0 fully saturated rings. The molecule has 0 atom stereocenters. The molecular weight excluding hydrogens is 582 g/mol. The molecule has 0 spiro atoms. The fourth-order valence-corrected chi connectivity index (χ4v) is 7.13. The van der Waals surface area contributed by atoms with E-state index in [1.54, 1.807) is 64.2 Å². The molecule has 0 radical (unpaired) electrons. The number of hydrogen-bond donors (Lipinski definition) is 0. The second-order valence-corrected chi connectivity index (χ2v) is 10.1. The van der Waals surface area contributed by atoms with Gasteiger partial charge in [0, 0.05) is 7.14 Å². The van der Waals surface area contributed by atoms with Gasteiger partial charge in [-0.2, -0.15) is 8.42 Å². The molecule has 0 heterocycles. The van der Waals surface area contributed by atoms with E-state index in [9.17, 15) is 21.4 Å². The lowest BCUT2D eigenvalue weighted by molar-refractivity contribution is 0.461. The van der Waals surface area contributed by atoms with E-state index in [-0.39, 0.29) is 22.7 Å². The topological polar surface area (TPSA) is 101 Å². The van der Waals surface area contributed by atoms with Crippen LogP contribution in [0.5, 0.6) is 5.75 Å². The first-order valence-corrected chi connectivity index (χ1v) is 11.4. The third-order valence-electron chi connectivity index (χ3n) is 3.03. The highest BCUT2D eigenvalue weighted by Gasteiger charge is 2.21. The van der Waals surface area contributed by atoms with Gasteiger partial charge < -0.3 is 8.74 Å². The van der Waals surface area contributed by atoms with E-state index in [2.05, 4.69) is 0 Å². The molecule has 2 rings (SSSR count). The molecule has 0 aliphatic heterocycles. The molecule has 0 aromatic heterocycles. The van der Waals surface area contributed by atoms with Crippen molar-refractivity contribution in [2.75, 3.05) is 0 Å². The van der Waals surface area contributed by atoms with Crippen LogP contribution < -0.4 is 4.18 Å². The number of hydrogen-bond acceptors (Lipinski definition) is 6. The van der Waals surface area contributed by atoms with Crippen LogP contribution in [0.1, 0.15) is 11.1 Å². The summed E-state index contributed by atoms with van der Waals surface area (Å²) < 4.78 is 63.9. The van der Waals surface area contributed by atoms with Crippen LogP contribution in [0.25, 0.3) is 0 Å². The Morgan fingerprint density at radius 2 is 1.50 bits per heavy atom. The Labute approximate surface area is 167 Å². The molecule has 6 nitrogen and oxygen atoms in total. The minimum absolute atomic E-state index is 0.0265. The van der Waals surface area contributed by atoms with Gasteiger partial charge in [0.1, 0.15) is 20.8 Å². The van der Waals surface area contributed by atoms with Crippen LogP contribution in [-0.4, -0.2) is 21.4 Å². The summed E-state index contributed by atoms with van der Waals surface area (Å²) in [5.41, 5.74) is 1.46. The van der Waals surface area contributed by atoms with Crippen molar-refractivity contribution in [3.05, 3.63) is 48.6 Å². The van der Waals surface area contributed by atoms with Crippen molar-refractivity contribution in [1.82, 2.24) is 0 Å². The highest BCUT2D eigenvalue weighted by Crippen LogP contribution is 2.31. The lowest BCUT2D eigenvalue weighted by atomic mass is 10.2. The summed E-state index contributed by atoms with van der Waals surface area (Å²) >= 11 is 3.31. The molecule has 130 valence electrons. The van der Waals surface area contributed by atoms with Crippen molar-refractivity contribution in [3.63, 3.8) is 0 Å². The maximum absolute atomic E-state index is 12.4. The Kier molecular flexibility index (Phi) is 5.84. The van der Waals surface area contributed by atoms with Gasteiger partial charge in [0.2, 0.25) is 0 Å². The van der Waals surface area contributed by atoms with E-state index >= 15 is 0 Å². The summed E-state index contributed by atoms with van der Waals surface area (Å²) in [6, 6.07) is 7.23. The van der Waals surface area contributed by atoms with Crippen LogP contribution in [0.3, 0.4) is 0 Å². The van der Waals surface area contributed by atoms with Gasteiger partial charge in [-0.15, -0.1) is 0 Å². The molecule has 10 heteroatoms. The van der Waals surface area contributed by atoms with Crippen molar-refractivity contribution in [3.8, 4) is 5.75 Å². The van der Waals surface area contributed by atoms with Crippen LogP contribution >= 0.6 is 45.2 Å². The Hall–Kier alpha value is -0.440. The molecule has 0 aliphatic rings. The fraction of sp³-hybridized carbons (Fsp3) is 0.143. The SMILES string of the molecule is Cc1ccc(S(=O)(=O)Oc2cc(I)c(S(=O)(=O)[O-])c(I)c2)c(C)c1. The van der Waals surface area contributed by atoms with Crippen LogP contribution in [-0.2, 0) is 20.2 Å². The minimum Gasteiger partial charge on any atom is -0.744 e. The lowest BCUT2D eigenvalue weighted by Gasteiger charge is -2.14. The van der Waals surface area contributed by atoms with Gasteiger partial charge in [0.05, 0.1) is 4.90 Å². The first kappa shape index (κ1) is 19.9. The first-order chi connectivity index (χ1) is 10.9. The van der Waals surface area contributed by atoms with Crippen molar-refractivity contribution in [2.45, 2.75) is 23.6 Å². The van der Waals surface area contributed by atoms with Gasteiger partial charge in [0.15, 0.2) is 0 Å². The third kappa shape index (κ3) is 4.39. The van der Waals surface area contributed by atoms with Gasteiger partial charge >= 0.3 is 10.1 Å². The molecule has 24 heavy (non-hydrogen) atoms. The first-order valence-electron chi connectivity index (χ1n) is 6.38. The monoisotopic (exact) mass is 593 g/mol. The average molecular weight is 593 g/mol. The van der Waals surface area contributed by atoms with Gasteiger partial charge in [-0.05, 0) is 82.8 Å². The molecule has 2 aromatic carbocycles. The minimum atomic E-state index is -4.66. The number of halogens is 2. The zero-order valence-electron chi connectivity index (χ0n) is 12.4. The molecule has 0 saturated heterocycles. The Balaban J connectivity index is 2.48. The molecule has 0 N–H and O–H groups in total. The number of aryl methyl sites for hydroxylation is 2. The molecule has 0 aliphatic carbocycles. The predicted octanol–water partition coefficient (Wildman–Crippen LogP) is 3.18. The fourth-order valence-electron chi connectivity index (χ4n) is 2.07. The molecule has 0 saturated carbocycles. The van der Waals surface area contributed by atoms with Crippen LogP contribution in [0.15, 0.2) is 40.1 Å². The standard InChI is InChI=1S/C14H12I2O6S2/c1-8-3-4-13(9(2)5-8)24(20,21)22-10-6-11(15)14(12(16)7-10)23(17,18)19/h3-7H,1-2H3,(H,17,18,19)/p-1. The highest BCUT2D eigenvalue weighted by atomic mass is 127. The lowest BCUT2D eigenvalue weighted by Crippen LogP contribution is -2.12. The second kappa shape index (κ2) is 7.05. The van der Waals surface area contributed by atoms with E-state index in [4.69, 9.17) is 4.18 Å². The highest BCUT2D eigenvalue weighted by molar-refractivity contribution is 14.1. The summed E-state index contributed by atoms with van der Waals surface area (Å²) in [7, 11) is -8.74. The Bertz CT molecular complexity index is 991. The van der Waals surface area contributed by atoms with E-state index in [1.165, 1.54) is 18.2 Å². The summed E-state index contributed by atoms with van der Waals surface area (Å²) in [6.45, 7) is 3.50. The van der Waals surface area contributed by atoms with Gasteiger partial charge in [-0.25, -0.2) is 8.42 Å². The second-order valence-electron chi connectivity index (χ2n) is 4.98. The quantitative estimate of drug-likeness (QED) is 0.307. The zero-order valence-corrected chi connectivity index (χ0v) is 18.4. The van der Waals surface area contributed by atoms with Gasteiger partial charge in [-0.1, -0.05) is 17.7 Å². The maximum Gasteiger partial charge on any atom is 0.339 e. The average Bonchev–Trinajstić information content (AvgIpc) is 2.34. The molecule has 0 amide bonds.